The fraction of sp³-hybridized carbons (Fsp3) is 0.538. The molecule has 1 aromatic carbocycles. The maximum absolute atomic E-state index is 12.7. The summed E-state index contributed by atoms with van der Waals surface area (Å²) < 4.78 is 16.0. The van der Waals surface area contributed by atoms with E-state index in [4.69, 9.17) is 19.2 Å². The van der Waals surface area contributed by atoms with E-state index in [-0.39, 0.29) is 17.9 Å². The van der Waals surface area contributed by atoms with Gasteiger partial charge in [0.15, 0.2) is 0 Å². The maximum atomic E-state index is 12.7. The lowest BCUT2D eigenvalue weighted by Gasteiger charge is -2.35. The number of hydrogen-bond acceptors (Lipinski definition) is 7. The molecule has 0 bridgehead atoms. The first-order valence-electron chi connectivity index (χ1n) is 12.0. The zero-order valence-corrected chi connectivity index (χ0v) is 21.7. The Kier molecular flexibility index (Phi) is 9.89. The van der Waals surface area contributed by atoms with E-state index in [0.29, 0.717) is 43.6 Å². The Hall–Kier alpha value is -3.56. The Labute approximate surface area is 212 Å². The zero-order chi connectivity index (χ0) is 26.9. The topological polar surface area (TPSA) is 136 Å². The van der Waals surface area contributed by atoms with E-state index in [1.165, 1.54) is 19.2 Å². The smallest absolute Gasteiger partial charge is 0.414 e. The molecule has 0 fully saturated rings. The number of amides is 1. The Morgan fingerprint density at radius 2 is 2.03 bits per heavy atom. The van der Waals surface area contributed by atoms with Crippen LogP contribution in [-0.4, -0.2) is 54.0 Å². The van der Waals surface area contributed by atoms with Gasteiger partial charge in [-0.2, -0.15) is 0 Å². The van der Waals surface area contributed by atoms with Crippen molar-refractivity contribution in [2.45, 2.75) is 77.0 Å². The van der Waals surface area contributed by atoms with Crippen molar-refractivity contribution in [2.75, 3.05) is 13.7 Å². The summed E-state index contributed by atoms with van der Waals surface area (Å²) in [5.41, 5.74) is -0.833. The van der Waals surface area contributed by atoms with E-state index >= 15 is 0 Å². The molecular formula is C26H37N3O7. The number of fused-ring (bicyclic) bond motifs is 1. The third-order valence-electron chi connectivity index (χ3n) is 5.77. The third kappa shape index (κ3) is 8.28. The molecule has 0 saturated carbocycles. The minimum Gasteiger partial charge on any atom is -0.493 e. The van der Waals surface area contributed by atoms with Gasteiger partial charge in [0.25, 0.3) is 0 Å². The molecule has 36 heavy (non-hydrogen) atoms. The summed E-state index contributed by atoms with van der Waals surface area (Å²) in [4.78, 5) is 41.3. The minimum atomic E-state index is -1.07. The summed E-state index contributed by atoms with van der Waals surface area (Å²) in [7, 11) is 1.32. The number of rotatable bonds is 9. The molecule has 0 saturated heterocycles. The number of nitrogens with zero attached hydrogens (tertiary/aromatic N) is 1. The first-order chi connectivity index (χ1) is 16.9. The molecule has 1 aromatic rings. The lowest BCUT2D eigenvalue weighted by molar-refractivity contribution is -0.142. The van der Waals surface area contributed by atoms with Crippen LogP contribution >= 0.6 is 0 Å². The van der Waals surface area contributed by atoms with Crippen molar-refractivity contribution in [3.05, 3.63) is 42.0 Å². The van der Waals surface area contributed by atoms with E-state index in [1.54, 1.807) is 32.9 Å². The number of aliphatic imine (C=N–C) groups is 1. The lowest BCUT2D eigenvalue weighted by Crippen LogP contribution is -2.55. The molecule has 10 nitrogen and oxygen atoms in total. The number of esters is 1. The van der Waals surface area contributed by atoms with Crippen LogP contribution in [0.5, 0.6) is 5.75 Å². The van der Waals surface area contributed by atoms with Crippen LogP contribution in [0.4, 0.5) is 4.79 Å². The fourth-order valence-electron chi connectivity index (χ4n) is 3.86. The van der Waals surface area contributed by atoms with Crippen molar-refractivity contribution in [1.82, 2.24) is 10.6 Å². The normalized spacial score (nSPS) is 17.0. The summed E-state index contributed by atoms with van der Waals surface area (Å²) in [5, 5.41) is 15.4. The summed E-state index contributed by atoms with van der Waals surface area (Å²) in [6, 6.07) is 4.10. The van der Waals surface area contributed by atoms with Crippen LogP contribution in [0.2, 0.25) is 0 Å². The van der Waals surface area contributed by atoms with Gasteiger partial charge in [-0.15, -0.1) is 6.58 Å². The van der Waals surface area contributed by atoms with Gasteiger partial charge in [-0.25, -0.2) is 14.6 Å². The van der Waals surface area contributed by atoms with Crippen molar-refractivity contribution in [3.8, 4) is 5.75 Å². The molecule has 3 N–H and O–H groups in total. The molecule has 2 atom stereocenters. The van der Waals surface area contributed by atoms with Crippen molar-refractivity contribution >= 4 is 24.0 Å². The van der Waals surface area contributed by atoms with Gasteiger partial charge in [-0.05, 0) is 58.2 Å². The molecular weight excluding hydrogens is 466 g/mol. The summed E-state index contributed by atoms with van der Waals surface area (Å²) in [6.07, 6.45) is 3.20. The highest BCUT2D eigenvalue weighted by Crippen LogP contribution is 2.35. The third-order valence-corrected chi connectivity index (χ3v) is 5.77. The second kappa shape index (κ2) is 12.4. The molecule has 0 spiro atoms. The first-order valence-corrected chi connectivity index (χ1v) is 12.0. The van der Waals surface area contributed by atoms with Crippen LogP contribution in [0, 0.1) is 0 Å². The van der Waals surface area contributed by atoms with E-state index in [9.17, 15) is 19.5 Å². The molecule has 0 radical (unpaired) electrons. The molecule has 1 aliphatic rings. The Bertz CT molecular complexity index is 1000. The number of guanidine groups is 1. The van der Waals surface area contributed by atoms with Gasteiger partial charge in [0.2, 0.25) is 5.96 Å². The monoisotopic (exact) mass is 503 g/mol. The molecule has 1 aliphatic heterocycles. The molecule has 0 aliphatic carbocycles. The predicted molar refractivity (Wildman–Crippen MR) is 135 cm³/mol. The largest absolute Gasteiger partial charge is 0.493 e. The standard InChI is InChI=1S/C26H37N3O7/c1-7-9-13-26(8-2,16-21(30)34-6)29-23(28-24(33)36-25(3,4)5)27-19-12-14-35-20-11-10-17(22(31)32)15-18(19)20/h7,10-11,15,19H,1,8-9,12-14,16H2,2-6H3,(H,31,32)(H2,27,28,29,33)/t19-,26?/m1/s1. The number of hydrogen-bond donors (Lipinski definition) is 3. The van der Waals surface area contributed by atoms with Crippen LogP contribution in [0.3, 0.4) is 0 Å². The molecule has 198 valence electrons. The van der Waals surface area contributed by atoms with Crippen LogP contribution < -0.4 is 15.4 Å². The second-order valence-electron chi connectivity index (χ2n) is 9.65. The summed E-state index contributed by atoms with van der Waals surface area (Å²) in [6.45, 7) is 11.3. The van der Waals surface area contributed by atoms with Crippen LogP contribution in [0.25, 0.3) is 0 Å². The number of alkyl carbamates (subject to hydrolysis) is 1. The van der Waals surface area contributed by atoms with Gasteiger partial charge in [0, 0.05) is 12.0 Å². The average molecular weight is 504 g/mol. The number of carboxylic acids is 1. The van der Waals surface area contributed by atoms with Crippen molar-refractivity contribution in [3.63, 3.8) is 0 Å². The number of aromatic carboxylic acids is 1. The zero-order valence-electron chi connectivity index (χ0n) is 21.7. The quantitative estimate of drug-likeness (QED) is 0.196. The molecule has 10 heteroatoms. The Morgan fingerprint density at radius 3 is 2.61 bits per heavy atom. The highest BCUT2D eigenvalue weighted by molar-refractivity contribution is 5.95. The summed E-state index contributed by atoms with van der Waals surface area (Å²) >= 11 is 0. The fourth-order valence-corrected chi connectivity index (χ4v) is 3.86. The minimum absolute atomic E-state index is 0.0381. The molecule has 0 aromatic heterocycles. The number of carboxylic acid groups (broad SMARTS) is 1. The summed E-state index contributed by atoms with van der Waals surface area (Å²) in [5.74, 6) is -0.839. The van der Waals surface area contributed by atoms with Gasteiger partial charge in [-0.3, -0.25) is 10.1 Å². The van der Waals surface area contributed by atoms with Crippen LogP contribution in [-0.2, 0) is 14.3 Å². The van der Waals surface area contributed by atoms with E-state index in [2.05, 4.69) is 17.2 Å². The Morgan fingerprint density at radius 1 is 1.31 bits per heavy atom. The van der Waals surface area contributed by atoms with Crippen molar-refractivity contribution in [1.29, 1.82) is 0 Å². The highest BCUT2D eigenvalue weighted by Gasteiger charge is 2.34. The van der Waals surface area contributed by atoms with Gasteiger partial charge < -0.3 is 24.6 Å². The van der Waals surface area contributed by atoms with Crippen LogP contribution in [0.15, 0.2) is 35.8 Å². The second-order valence-corrected chi connectivity index (χ2v) is 9.65. The van der Waals surface area contributed by atoms with Crippen molar-refractivity contribution < 1.29 is 33.7 Å². The number of carbonyl (C=O) groups excluding carboxylic acids is 2. The van der Waals surface area contributed by atoms with E-state index < -0.39 is 35.2 Å². The van der Waals surface area contributed by atoms with Gasteiger partial charge >= 0.3 is 18.0 Å². The molecule has 1 unspecified atom stereocenters. The van der Waals surface area contributed by atoms with Gasteiger partial charge in [0.05, 0.1) is 37.3 Å². The molecule has 2 rings (SSSR count). The van der Waals surface area contributed by atoms with E-state index in [0.717, 1.165) is 0 Å². The van der Waals surface area contributed by atoms with Gasteiger partial charge in [0.1, 0.15) is 11.4 Å². The predicted octanol–water partition coefficient (Wildman–Crippen LogP) is 4.36. The lowest BCUT2D eigenvalue weighted by atomic mass is 9.86. The number of nitrogens with one attached hydrogen (secondary N) is 2. The number of carbonyl (C=O) groups is 3. The average Bonchev–Trinajstić information content (AvgIpc) is 2.81. The van der Waals surface area contributed by atoms with Crippen molar-refractivity contribution in [2.24, 2.45) is 4.99 Å². The maximum Gasteiger partial charge on any atom is 0.414 e. The number of allylic oxidation sites excluding steroid dienone is 1. The van der Waals surface area contributed by atoms with E-state index in [1.807, 2.05) is 6.92 Å². The SMILES string of the molecule is C=CCCC(CC)(CC(=O)OC)NC(=N[C@@H]1CCOc2ccc(C(=O)O)cc21)NC(=O)OC(C)(C)C. The highest BCUT2D eigenvalue weighted by atomic mass is 16.6. The molecule has 1 heterocycles. The molecule has 1 amide bonds. The van der Waals surface area contributed by atoms with Gasteiger partial charge in [-0.1, -0.05) is 13.0 Å². The Balaban J connectivity index is 2.51. The van der Waals surface area contributed by atoms with Crippen LogP contribution in [0.1, 0.15) is 81.8 Å². The number of methoxy groups -OCH3 is 1. The number of ether oxygens (including phenoxy) is 3. The number of benzene rings is 1. The first kappa shape index (κ1) is 28.7.